The predicted molar refractivity (Wildman–Crippen MR) is 225 cm³/mol. The highest BCUT2D eigenvalue weighted by atomic mass is 32.1. The average Bonchev–Trinajstić information content (AvgIpc) is 3.94. The first-order valence-corrected chi connectivity index (χ1v) is 18.8. The van der Waals surface area contributed by atoms with Gasteiger partial charge in [-0.15, -0.1) is 11.3 Å². The third-order valence-electron chi connectivity index (χ3n) is 10.3. The van der Waals surface area contributed by atoms with Gasteiger partial charge in [0, 0.05) is 65.1 Å². The minimum absolute atomic E-state index is 0.584. The molecule has 0 spiro atoms. The molecule has 11 rings (SSSR count). The van der Waals surface area contributed by atoms with Crippen molar-refractivity contribution in [3.8, 4) is 33.7 Å². The molecule has 0 aliphatic heterocycles. The number of hydrogen-bond donors (Lipinski definition) is 0. The van der Waals surface area contributed by atoms with Crippen LogP contribution in [0.5, 0.6) is 0 Å². The van der Waals surface area contributed by atoms with Crippen LogP contribution in [0.4, 0.5) is 17.1 Å². The van der Waals surface area contributed by atoms with Gasteiger partial charge >= 0.3 is 0 Å². The maximum absolute atomic E-state index is 6.65. The summed E-state index contributed by atoms with van der Waals surface area (Å²) < 4.78 is 15.6. The molecule has 8 aromatic carbocycles. The number of fused-ring (bicyclic) bond motifs is 7. The molecule has 0 unspecified atom stereocenters. The number of nitrogens with zero attached hydrogens (tertiary/aromatic N) is 2. The van der Waals surface area contributed by atoms with Crippen molar-refractivity contribution in [1.29, 1.82) is 0 Å². The minimum atomic E-state index is 0.584. The molecule has 0 bridgehead atoms. The van der Waals surface area contributed by atoms with E-state index in [4.69, 9.17) is 13.8 Å². The largest absolute Gasteiger partial charge is 0.456 e. The lowest BCUT2D eigenvalue weighted by Crippen LogP contribution is -2.11. The Morgan fingerprint density at radius 1 is 0.463 bits per heavy atom. The first kappa shape index (κ1) is 30.7. The van der Waals surface area contributed by atoms with Gasteiger partial charge in [0.25, 0.3) is 0 Å². The van der Waals surface area contributed by atoms with Gasteiger partial charge in [-0.1, -0.05) is 121 Å². The van der Waals surface area contributed by atoms with Crippen molar-refractivity contribution >= 4 is 81.6 Å². The first-order valence-electron chi connectivity index (χ1n) is 18.0. The smallest absolute Gasteiger partial charge is 0.227 e. The number of hydrogen-bond acceptors (Lipinski definition) is 5. The third kappa shape index (κ3) is 4.94. The molecule has 0 aliphatic rings. The highest BCUT2D eigenvalue weighted by Crippen LogP contribution is 2.46. The molecule has 0 aliphatic carbocycles. The van der Waals surface area contributed by atoms with E-state index in [0.717, 1.165) is 77.9 Å². The van der Waals surface area contributed by atoms with Gasteiger partial charge < -0.3 is 13.7 Å². The van der Waals surface area contributed by atoms with Crippen molar-refractivity contribution in [2.75, 3.05) is 4.90 Å². The lowest BCUT2D eigenvalue weighted by Gasteiger charge is -2.28. The maximum Gasteiger partial charge on any atom is 0.227 e. The monoisotopic (exact) mass is 710 g/mol. The molecule has 0 saturated heterocycles. The summed E-state index contributed by atoms with van der Waals surface area (Å²) in [6, 6.07) is 63.9. The SMILES string of the molecule is c1ccc(-c2nc3cc4oc5ccccc5c4c(-c4ccc(N(c5ccc6c(c5)sc5ccccc56)c5ccccc5-c5ccccc5)cc4)c3o2)cc1. The van der Waals surface area contributed by atoms with Gasteiger partial charge in [0.05, 0.1) is 5.69 Å². The number of anilines is 3. The predicted octanol–water partition coefficient (Wildman–Crippen LogP) is 14.6. The number of rotatable bonds is 6. The van der Waals surface area contributed by atoms with E-state index in [9.17, 15) is 0 Å². The Morgan fingerprint density at radius 2 is 1.13 bits per heavy atom. The molecule has 3 aromatic heterocycles. The summed E-state index contributed by atoms with van der Waals surface area (Å²) in [7, 11) is 0. The Bertz CT molecular complexity index is 3160. The normalized spacial score (nSPS) is 11.7. The molecule has 54 heavy (non-hydrogen) atoms. The van der Waals surface area contributed by atoms with Gasteiger partial charge in [-0.05, 0) is 65.7 Å². The fourth-order valence-corrected chi connectivity index (χ4v) is 8.98. The van der Waals surface area contributed by atoms with Crippen LogP contribution in [0.15, 0.2) is 191 Å². The summed E-state index contributed by atoms with van der Waals surface area (Å²) in [5.74, 6) is 0.584. The van der Waals surface area contributed by atoms with E-state index >= 15 is 0 Å². The molecule has 0 radical (unpaired) electrons. The lowest BCUT2D eigenvalue weighted by atomic mass is 9.97. The van der Waals surface area contributed by atoms with Crippen LogP contribution in [0.2, 0.25) is 0 Å². The van der Waals surface area contributed by atoms with E-state index < -0.39 is 0 Å². The van der Waals surface area contributed by atoms with Crippen LogP contribution in [0, 0.1) is 0 Å². The van der Waals surface area contributed by atoms with Crippen LogP contribution >= 0.6 is 11.3 Å². The number of para-hydroxylation sites is 2. The standard InChI is InChI=1S/C49H30N2O2S/c1-3-13-31(14-4-1)36-17-7-10-20-41(36)51(35-27-28-38-37-18-9-12-22-44(37)54-45(38)29-35)34-25-23-32(24-26-34)46-47-39-19-8-11-21-42(39)52-43(47)30-40-48(46)53-49(50-40)33-15-5-2-6-16-33/h1-30H. The number of furan rings is 1. The molecule has 0 saturated carbocycles. The van der Waals surface area contributed by atoms with E-state index in [1.807, 2.05) is 59.9 Å². The van der Waals surface area contributed by atoms with Gasteiger partial charge in [-0.3, -0.25) is 0 Å². The second-order valence-corrected chi connectivity index (χ2v) is 14.6. The Hall–Kier alpha value is -6.95. The highest BCUT2D eigenvalue weighted by Gasteiger charge is 2.23. The quantitative estimate of drug-likeness (QED) is 0.172. The fourth-order valence-electron chi connectivity index (χ4n) is 7.84. The van der Waals surface area contributed by atoms with Gasteiger partial charge in [-0.2, -0.15) is 0 Å². The molecular weight excluding hydrogens is 681 g/mol. The van der Waals surface area contributed by atoms with Crippen LogP contribution in [0.25, 0.3) is 86.9 Å². The second-order valence-electron chi connectivity index (χ2n) is 13.5. The maximum atomic E-state index is 6.65. The zero-order chi connectivity index (χ0) is 35.6. The number of oxazole rings is 1. The molecule has 3 heterocycles. The molecule has 11 aromatic rings. The molecule has 0 amide bonds. The average molecular weight is 711 g/mol. The van der Waals surface area contributed by atoms with Crippen molar-refractivity contribution in [1.82, 2.24) is 4.98 Å². The van der Waals surface area contributed by atoms with Crippen molar-refractivity contribution in [2.45, 2.75) is 0 Å². The van der Waals surface area contributed by atoms with E-state index in [0.29, 0.717) is 5.89 Å². The number of thiophene rings is 1. The Labute approximate surface area is 314 Å². The zero-order valence-corrected chi connectivity index (χ0v) is 29.8. The molecule has 0 fully saturated rings. The summed E-state index contributed by atoms with van der Waals surface area (Å²) in [5, 5.41) is 4.63. The van der Waals surface area contributed by atoms with Crippen LogP contribution in [0.3, 0.4) is 0 Å². The van der Waals surface area contributed by atoms with Crippen LogP contribution in [-0.2, 0) is 0 Å². The minimum Gasteiger partial charge on any atom is -0.456 e. The fraction of sp³-hybridized carbons (Fsp3) is 0. The highest BCUT2D eigenvalue weighted by molar-refractivity contribution is 7.25. The van der Waals surface area contributed by atoms with E-state index in [1.165, 1.54) is 20.2 Å². The van der Waals surface area contributed by atoms with Crippen molar-refractivity contribution in [2.24, 2.45) is 0 Å². The van der Waals surface area contributed by atoms with Gasteiger partial charge in [-0.25, -0.2) is 4.98 Å². The van der Waals surface area contributed by atoms with E-state index in [2.05, 4.69) is 138 Å². The molecular formula is C49H30N2O2S. The third-order valence-corrected chi connectivity index (χ3v) is 11.4. The van der Waals surface area contributed by atoms with E-state index in [1.54, 1.807) is 0 Å². The molecule has 5 heteroatoms. The topological polar surface area (TPSA) is 42.4 Å². The molecule has 0 atom stereocenters. The Balaban J connectivity index is 1.12. The molecule has 4 nitrogen and oxygen atoms in total. The zero-order valence-electron chi connectivity index (χ0n) is 28.9. The summed E-state index contributed by atoms with van der Waals surface area (Å²) in [6.45, 7) is 0. The van der Waals surface area contributed by atoms with Crippen molar-refractivity contribution < 1.29 is 8.83 Å². The summed E-state index contributed by atoms with van der Waals surface area (Å²) in [5.41, 5.74) is 11.6. The van der Waals surface area contributed by atoms with Crippen LogP contribution in [-0.4, -0.2) is 4.98 Å². The van der Waals surface area contributed by atoms with Crippen molar-refractivity contribution in [3.05, 3.63) is 182 Å². The van der Waals surface area contributed by atoms with Gasteiger partial charge in [0.2, 0.25) is 5.89 Å². The first-order chi connectivity index (χ1) is 26.8. The van der Waals surface area contributed by atoms with Gasteiger partial charge in [0.15, 0.2) is 5.58 Å². The van der Waals surface area contributed by atoms with Crippen molar-refractivity contribution in [3.63, 3.8) is 0 Å². The summed E-state index contributed by atoms with van der Waals surface area (Å²) in [6.07, 6.45) is 0. The lowest BCUT2D eigenvalue weighted by molar-refractivity contribution is 0.621. The Kier molecular flexibility index (Phi) is 7.00. The van der Waals surface area contributed by atoms with E-state index in [-0.39, 0.29) is 0 Å². The summed E-state index contributed by atoms with van der Waals surface area (Å²) >= 11 is 1.84. The van der Waals surface area contributed by atoms with Crippen LogP contribution < -0.4 is 4.90 Å². The van der Waals surface area contributed by atoms with Crippen LogP contribution in [0.1, 0.15) is 0 Å². The second kappa shape index (κ2) is 12.3. The number of benzene rings is 8. The summed E-state index contributed by atoms with van der Waals surface area (Å²) in [4.78, 5) is 7.34. The molecule has 254 valence electrons. The van der Waals surface area contributed by atoms with Gasteiger partial charge in [0.1, 0.15) is 16.7 Å². The molecule has 0 N–H and O–H groups in total. The number of aromatic nitrogens is 1. The Morgan fingerprint density at radius 3 is 1.96 bits per heavy atom.